The zero-order valence-electron chi connectivity index (χ0n) is 8.74. The van der Waals surface area contributed by atoms with Gasteiger partial charge >= 0.3 is 6.03 Å². The molecule has 2 N–H and O–H groups in total. The number of rotatable bonds is 3. The number of urea groups is 1. The summed E-state index contributed by atoms with van der Waals surface area (Å²) in [6, 6.07) is 7.65. The normalized spacial score (nSPS) is 15.1. The third-order valence-electron chi connectivity index (χ3n) is 2.25. The molecule has 1 aliphatic rings. The minimum absolute atomic E-state index is 0.152. The van der Waals surface area contributed by atoms with Gasteiger partial charge in [0.1, 0.15) is 0 Å². The van der Waals surface area contributed by atoms with Gasteiger partial charge in [-0.25, -0.2) is 4.79 Å². The zero-order chi connectivity index (χ0) is 11.4. The third-order valence-corrected chi connectivity index (χ3v) is 2.49. The molecule has 0 radical (unpaired) electrons. The van der Waals surface area contributed by atoms with Gasteiger partial charge in [-0.05, 0) is 36.6 Å². The SMILES string of the molecule is O=C(N/C=C/c1cccc(Cl)c1)NC1CC1. The molecular weight excluding hydrogens is 224 g/mol. The van der Waals surface area contributed by atoms with E-state index in [0.717, 1.165) is 18.4 Å². The maximum Gasteiger partial charge on any atom is 0.318 e. The van der Waals surface area contributed by atoms with Crippen LogP contribution in [0.25, 0.3) is 6.08 Å². The van der Waals surface area contributed by atoms with Crippen molar-refractivity contribution in [3.63, 3.8) is 0 Å². The monoisotopic (exact) mass is 236 g/mol. The number of hydrogen-bond donors (Lipinski definition) is 2. The van der Waals surface area contributed by atoms with Gasteiger partial charge < -0.3 is 10.6 Å². The average molecular weight is 237 g/mol. The van der Waals surface area contributed by atoms with Crippen molar-refractivity contribution in [1.82, 2.24) is 10.6 Å². The molecule has 0 unspecified atom stereocenters. The summed E-state index contributed by atoms with van der Waals surface area (Å²) < 4.78 is 0. The van der Waals surface area contributed by atoms with Gasteiger partial charge in [0.15, 0.2) is 0 Å². The van der Waals surface area contributed by atoms with Crippen molar-refractivity contribution in [3.05, 3.63) is 41.1 Å². The van der Waals surface area contributed by atoms with Crippen LogP contribution in [0.2, 0.25) is 5.02 Å². The highest BCUT2D eigenvalue weighted by molar-refractivity contribution is 6.30. The van der Waals surface area contributed by atoms with E-state index >= 15 is 0 Å². The molecule has 0 bridgehead atoms. The van der Waals surface area contributed by atoms with Gasteiger partial charge in [-0.1, -0.05) is 23.7 Å². The molecule has 1 saturated carbocycles. The number of carbonyl (C=O) groups is 1. The molecule has 4 heteroatoms. The first kappa shape index (κ1) is 11.0. The second kappa shape index (κ2) is 5.03. The maximum atomic E-state index is 11.3. The standard InChI is InChI=1S/C12H13ClN2O/c13-10-3-1-2-9(8-10)6-7-14-12(16)15-11-4-5-11/h1-3,6-8,11H,4-5H2,(H2,14,15,16)/b7-6+. The van der Waals surface area contributed by atoms with Crippen LogP contribution in [0.3, 0.4) is 0 Å². The minimum Gasteiger partial charge on any atom is -0.335 e. The summed E-state index contributed by atoms with van der Waals surface area (Å²) >= 11 is 5.83. The Labute approximate surface area is 99.5 Å². The van der Waals surface area contributed by atoms with Crippen molar-refractivity contribution in [2.45, 2.75) is 18.9 Å². The van der Waals surface area contributed by atoms with E-state index in [-0.39, 0.29) is 6.03 Å². The van der Waals surface area contributed by atoms with E-state index in [4.69, 9.17) is 11.6 Å². The van der Waals surface area contributed by atoms with Gasteiger partial charge in [0.2, 0.25) is 0 Å². The number of hydrogen-bond acceptors (Lipinski definition) is 1. The lowest BCUT2D eigenvalue weighted by Gasteiger charge is -2.01. The first-order chi connectivity index (χ1) is 7.74. The van der Waals surface area contributed by atoms with Gasteiger partial charge in [0, 0.05) is 17.3 Å². The highest BCUT2D eigenvalue weighted by atomic mass is 35.5. The molecule has 2 rings (SSSR count). The molecule has 84 valence electrons. The fourth-order valence-corrected chi connectivity index (χ4v) is 1.48. The Morgan fingerprint density at radius 3 is 2.94 bits per heavy atom. The van der Waals surface area contributed by atoms with Crippen molar-refractivity contribution >= 4 is 23.7 Å². The average Bonchev–Trinajstić information content (AvgIpc) is 3.02. The fourth-order valence-electron chi connectivity index (χ4n) is 1.28. The maximum absolute atomic E-state index is 11.3. The second-order valence-electron chi connectivity index (χ2n) is 3.78. The molecule has 1 aliphatic carbocycles. The zero-order valence-corrected chi connectivity index (χ0v) is 9.50. The number of benzene rings is 1. The summed E-state index contributed by atoms with van der Waals surface area (Å²) in [5.74, 6) is 0. The van der Waals surface area contributed by atoms with Crippen molar-refractivity contribution < 1.29 is 4.79 Å². The fraction of sp³-hybridized carbons (Fsp3) is 0.250. The molecule has 0 aliphatic heterocycles. The van der Waals surface area contributed by atoms with E-state index in [2.05, 4.69) is 10.6 Å². The van der Waals surface area contributed by atoms with Crippen molar-refractivity contribution in [1.29, 1.82) is 0 Å². The van der Waals surface area contributed by atoms with Gasteiger partial charge in [0.25, 0.3) is 0 Å². The van der Waals surface area contributed by atoms with Crippen LogP contribution in [-0.2, 0) is 0 Å². The molecule has 0 aromatic heterocycles. The molecule has 0 atom stereocenters. The first-order valence-corrected chi connectivity index (χ1v) is 5.61. The summed E-state index contributed by atoms with van der Waals surface area (Å²) in [5.41, 5.74) is 0.958. The van der Waals surface area contributed by atoms with E-state index in [1.54, 1.807) is 12.3 Å². The van der Waals surface area contributed by atoms with E-state index in [1.807, 2.05) is 24.3 Å². The van der Waals surface area contributed by atoms with Crippen LogP contribution in [-0.4, -0.2) is 12.1 Å². The van der Waals surface area contributed by atoms with E-state index in [1.165, 1.54) is 0 Å². The Bertz CT molecular complexity index is 413. The van der Waals surface area contributed by atoms with E-state index < -0.39 is 0 Å². The van der Waals surface area contributed by atoms with Crippen LogP contribution in [0.4, 0.5) is 4.79 Å². The Balaban J connectivity index is 1.81. The Hall–Kier alpha value is -1.48. The molecule has 16 heavy (non-hydrogen) atoms. The summed E-state index contributed by atoms with van der Waals surface area (Å²) in [6.45, 7) is 0. The van der Waals surface area contributed by atoms with Crippen molar-refractivity contribution in [2.75, 3.05) is 0 Å². The molecule has 0 spiro atoms. The van der Waals surface area contributed by atoms with Crippen molar-refractivity contribution in [3.8, 4) is 0 Å². The Morgan fingerprint density at radius 1 is 1.44 bits per heavy atom. The van der Waals surface area contributed by atoms with Crippen LogP contribution in [0.1, 0.15) is 18.4 Å². The number of halogens is 1. The predicted molar refractivity (Wildman–Crippen MR) is 65.2 cm³/mol. The Morgan fingerprint density at radius 2 is 2.25 bits per heavy atom. The molecular formula is C12H13ClN2O. The van der Waals surface area contributed by atoms with Crippen LogP contribution in [0.15, 0.2) is 30.5 Å². The quantitative estimate of drug-likeness (QED) is 0.833. The van der Waals surface area contributed by atoms with Crippen LogP contribution >= 0.6 is 11.6 Å². The molecule has 1 aromatic carbocycles. The topological polar surface area (TPSA) is 41.1 Å². The van der Waals surface area contributed by atoms with Crippen LogP contribution in [0.5, 0.6) is 0 Å². The largest absolute Gasteiger partial charge is 0.335 e. The number of amides is 2. The predicted octanol–water partition coefficient (Wildman–Crippen LogP) is 2.77. The van der Waals surface area contributed by atoms with Gasteiger partial charge in [-0.15, -0.1) is 0 Å². The van der Waals surface area contributed by atoms with Gasteiger partial charge in [-0.2, -0.15) is 0 Å². The Kier molecular flexibility index (Phi) is 3.47. The smallest absolute Gasteiger partial charge is 0.318 e. The lowest BCUT2D eigenvalue weighted by molar-refractivity contribution is 0.244. The summed E-state index contributed by atoms with van der Waals surface area (Å²) in [6.07, 6.45) is 5.60. The number of carbonyl (C=O) groups excluding carboxylic acids is 1. The highest BCUT2D eigenvalue weighted by Gasteiger charge is 2.22. The molecule has 2 amide bonds. The number of nitrogens with one attached hydrogen (secondary N) is 2. The van der Waals surface area contributed by atoms with Crippen LogP contribution < -0.4 is 10.6 Å². The minimum atomic E-state index is -0.152. The summed E-state index contributed by atoms with van der Waals surface area (Å²) in [5, 5.41) is 6.16. The highest BCUT2D eigenvalue weighted by Crippen LogP contribution is 2.18. The van der Waals surface area contributed by atoms with E-state index in [9.17, 15) is 4.79 Å². The summed E-state index contributed by atoms with van der Waals surface area (Å²) in [7, 11) is 0. The molecule has 3 nitrogen and oxygen atoms in total. The lowest BCUT2D eigenvalue weighted by atomic mass is 10.2. The molecule has 0 saturated heterocycles. The first-order valence-electron chi connectivity index (χ1n) is 5.23. The van der Waals surface area contributed by atoms with Gasteiger partial charge in [0.05, 0.1) is 0 Å². The van der Waals surface area contributed by atoms with E-state index in [0.29, 0.717) is 11.1 Å². The third kappa shape index (κ3) is 3.59. The molecule has 1 aromatic rings. The second-order valence-corrected chi connectivity index (χ2v) is 4.22. The lowest BCUT2D eigenvalue weighted by Crippen LogP contribution is -2.33. The molecule has 0 heterocycles. The molecule has 1 fully saturated rings. The van der Waals surface area contributed by atoms with Gasteiger partial charge in [-0.3, -0.25) is 0 Å². The summed E-state index contributed by atoms with van der Waals surface area (Å²) in [4.78, 5) is 11.3. The van der Waals surface area contributed by atoms with Crippen molar-refractivity contribution in [2.24, 2.45) is 0 Å². The van der Waals surface area contributed by atoms with Crippen LogP contribution in [0, 0.1) is 0 Å².